The van der Waals surface area contributed by atoms with Gasteiger partial charge < -0.3 is 4.74 Å². The van der Waals surface area contributed by atoms with Gasteiger partial charge in [0.15, 0.2) is 5.75 Å². The van der Waals surface area contributed by atoms with E-state index in [1.54, 1.807) is 12.1 Å². The highest BCUT2D eigenvalue weighted by Gasteiger charge is 2.30. The number of hydrogen-bond donors (Lipinski definition) is 0. The van der Waals surface area contributed by atoms with Crippen LogP contribution >= 0.6 is 23.2 Å². The van der Waals surface area contributed by atoms with Crippen LogP contribution in [0.2, 0.25) is 10.0 Å². The quantitative estimate of drug-likeness (QED) is 0.830. The molecular formula is C15H20Cl2N2O. The summed E-state index contributed by atoms with van der Waals surface area (Å²) < 4.78 is 5.74. The molecule has 0 aromatic heterocycles. The lowest BCUT2D eigenvalue weighted by Crippen LogP contribution is -2.48. The number of benzene rings is 1. The first-order chi connectivity index (χ1) is 9.74. The van der Waals surface area contributed by atoms with Gasteiger partial charge in [0.05, 0.1) is 10.0 Å². The van der Waals surface area contributed by atoms with Crippen molar-refractivity contribution < 1.29 is 4.74 Å². The van der Waals surface area contributed by atoms with Crippen LogP contribution in [0.3, 0.4) is 0 Å². The lowest BCUT2D eigenvalue weighted by Gasteiger charge is -2.34. The lowest BCUT2D eigenvalue weighted by atomic mass is 10.3. The zero-order valence-corrected chi connectivity index (χ0v) is 13.0. The SMILES string of the molecule is Clc1cccc(Cl)c1OCCN1CCN(C2CC2)CC1. The van der Waals surface area contributed by atoms with Crippen molar-refractivity contribution in [3.05, 3.63) is 28.2 Å². The van der Waals surface area contributed by atoms with Gasteiger partial charge in [-0.25, -0.2) is 0 Å². The number of para-hydroxylation sites is 1. The molecular weight excluding hydrogens is 295 g/mol. The van der Waals surface area contributed by atoms with Crippen molar-refractivity contribution in [3.8, 4) is 5.75 Å². The Morgan fingerprint density at radius 3 is 2.30 bits per heavy atom. The zero-order chi connectivity index (χ0) is 13.9. The van der Waals surface area contributed by atoms with Crippen LogP contribution in [0, 0.1) is 0 Å². The van der Waals surface area contributed by atoms with Gasteiger partial charge in [-0.05, 0) is 25.0 Å². The fraction of sp³-hybridized carbons (Fsp3) is 0.600. The second-order valence-electron chi connectivity index (χ2n) is 5.51. The molecule has 1 aromatic rings. The maximum Gasteiger partial charge on any atom is 0.156 e. The molecule has 3 rings (SSSR count). The molecule has 20 heavy (non-hydrogen) atoms. The van der Waals surface area contributed by atoms with E-state index in [1.807, 2.05) is 6.07 Å². The third-order valence-electron chi connectivity index (χ3n) is 4.04. The molecule has 1 aliphatic heterocycles. The first-order valence-corrected chi connectivity index (χ1v) is 8.03. The van der Waals surface area contributed by atoms with Crippen molar-refractivity contribution in [2.24, 2.45) is 0 Å². The van der Waals surface area contributed by atoms with Crippen LogP contribution in [0.5, 0.6) is 5.75 Å². The van der Waals surface area contributed by atoms with E-state index in [-0.39, 0.29) is 0 Å². The molecule has 2 fully saturated rings. The Morgan fingerprint density at radius 2 is 1.70 bits per heavy atom. The summed E-state index contributed by atoms with van der Waals surface area (Å²) in [7, 11) is 0. The van der Waals surface area contributed by atoms with E-state index >= 15 is 0 Å². The van der Waals surface area contributed by atoms with Crippen LogP contribution in [-0.2, 0) is 0 Å². The van der Waals surface area contributed by atoms with Gasteiger partial charge in [-0.3, -0.25) is 9.80 Å². The Morgan fingerprint density at radius 1 is 1.05 bits per heavy atom. The van der Waals surface area contributed by atoms with Gasteiger partial charge in [0, 0.05) is 38.8 Å². The Bertz CT molecular complexity index is 437. The topological polar surface area (TPSA) is 15.7 Å². The summed E-state index contributed by atoms with van der Waals surface area (Å²) >= 11 is 12.2. The van der Waals surface area contributed by atoms with Gasteiger partial charge in [0.2, 0.25) is 0 Å². The fourth-order valence-corrected chi connectivity index (χ4v) is 3.20. The summed E-state index contributed by atoms with van der Waals surface area (Å²) in [6.45, 7) is 6.22. The maximum atomic E-state index is 6.08. The molecule has 2 aliphatic rings. The smallest absolute Gasteiger partial charge is 0.156 e. The van der Waals surface area contributed by atoms with E-state index < -0.39 is 0 Å². The molecule has 5 heteroatoms. The van der Waals surface area contributed by atoms with E-state index in [0.29, 0.717) is 22.4 Å². The molecule has 0 atom stereocenters. The van der Waals surface area contributed by atoms with Gasteiger partial charge in [-0.2, -0.15) is 0 Å². The second-order valence-corrected chi connectivity index (χ2v) is 6.32. The highest BCUT2D eigenvalue weighted by molar-refractivity contribution is 6.37. The fourth-order valence-electron chi connectivity index (χ4n) is 2.69. The predicted octanol–water partition coefficient (Wildman–Crippen LogP) is 3.15. The third kappa shape index (κ3) is 3.59. The lowest BCUT2D eigenvalue weighted by molar-refractivity contribution is 0.112. The molecule has 110 valence electrons. The summed E-state index contributed by atoms with van der Waals surface area (Å²) in [6, 6.07) is 6.32. The van der Waals surface area contributed by atoms with E-state index in [4.69, 9.17) is 27.9 Å². The zero-order valence-electron chi connectivity index (χ0n) is 11.5. The molecule has 3 nitrogen and oxygen atoms in total. The molecule has 0 bridgehead atoms. The molecule has 1 aromatic carbocycles. The Balaban J connectivity index is 1.42. The molecule has 1 saturated carbocycles. The molecule has 1 saturated heterocycles. The van der Waals surface area contributed by atoms with Crippen molar-refractivity contribution in [3.63, 3.8) is 0 Å². The van der Waals surface area contributed by atoms with Crippen LogP contribution in [0.25, 0.3) is 0 Å². The number of ether oxygens (including phenoxy) is 1. The van der Waals surface area contributed by atoms with Gasteiger partial charge in [0.1, 0.15) is 6.61 Å². The Hall–Kier alpha value is -0.480. The summed E-state index contributed by atoms with van der Waals surface area (Å²) in [6.07, 6.45) is 2.79. The number of halogens is 2. The number of nitrogens with zero attached hydrogens (tertiary/aromatic N) is 2. The van der Waals surface area contributed by atoms with Crippen LogP contribution in [0.1, 0.15) is 12.8 Å². The average Bonchev–Trinajstić information content (AvgIpc) is 3.27. The molecule has 0 amide bonds. The maximum absolute atomic E-state index is 6.08. The number of rotatable bonds is 5. The van der Waals surface area contributed by atoms with Crippen LogP contribution in [0.15, 0.2) is 18.2 Å². The van der Waals surface area contributed by atoms with E-state index in [1.165, 1.54) is 25.9 Å². The normalized spacial score (nSPS) is 21.1. The first-order valence-electron chi connectivity index (χ1n) is 7.27. The third-order valence-corrected chi connectivity index (χ3v) is 4.64. The molecule has 0 N–H and O–H groups in total. The van der Waals surface area contributed by atoms with Gasteiger partial charge in [0.25, 0.3) is 0 Å². The van der Waals surface area contributed by atoms with Crippen molar-refractivity contribution in [1.82, 2.24) is 9.80 Å². The molecule has 1 heterocycles. The average molecular weight is 315 g/mol. The Kier molecular flexibility index (Phi) is 4.72. The number of piperazine rings is 1. The van der Waals surface area contributed by atoms with Crippen LogP contribution in [-0.4, -0.2) is 55.2 Å². The minimum atomic E-state index is 0.580. The summed E-state index contributed by atoms with van der Waals surface area (Å²) in [5, 5.41) is 1.16. The largest absolute Gasteiger partial charge is 0.489 e. The molecule has 0 radical (unpaired) electrons. The van der Waals surface area contributed by atoms with Gasteiger partial charge in [-0.1, -0.05) is 29.3 Å². The van der Waals surface area contributed by atoms with Crippen molar-refractivity contribution in [2.45, 2.75) is 18.9 Å². The second kappa shape index (κ2) is 6.52. The molecule has 0 unspecified atom stereocenters. The van der Waals surface area contributed by atoms with E-state index in [0.717, 1.165) is 25.7 Å². The highest BCUT2D eigenvalue weighted by atomic mass is 35.5. The minimum Gasteiger partial charge on any atom is -0.489 e. The van der Waals surface area contributed by atoms with Gasteiger partial charge in [-0.15, -0.1) is 0 Å². The molecule has 0 spiro atoms. The molecule has 1 aliphatic carbocycles. The van der Waals surface area contributed by atoms with E-state index in [2.05, 4.69) is 9.80 Å². The summed E-state index contributed by atoms with van der Waals surface area (Å²) in [5.41, 5.74) is 0. The number of hydrogen-bond acceptors (Lipinski definition) is 3. The van der Waals surface area contributed by atoms with E-state index in [9.17, 15) is 0 Å². The monoisotopic (exact) mass is 314 g/mol. The summed E-state index contributed by atoms with van der Waals surface area (Å²) in [4.78, 5) is 5.06. The first kappa shape index (κ1) is 14.5. The van der Waals surface area contributed by atoms with Crippen molar-refractivity contribution >= 4 is 23.2 Å². The van der Waals surface area contributed by atoms with Crippen LogP contribution < -0.4 is 4.74 Å². The highest BCUT2D eigenvalue weighted by Crippen LogP contribution is 2.32. The summed E-state index contributed by atoms with van der Waals surface area (Å²) in [5.74, 6) is 0.604. The predicted molar refractivity (Wildman–Crippen MR) is 83.0 cm³/mol. The minimum absolute atomic E-state index is 0.580. The van der Waals surface area contributed by atoms with Crippen molar-refractivity contribution in [1.29, 1.82) is 0 Å². The van der Waals surface area contributed by atoms with Gasteiger partial charge >= 0.3 is 0 Å². The van der Waals surface area contributed by atoms with Crippen LogP contribution in [0.4, 0.5) is 0 Å². The standard InChI is InChI=1S/C15H20Cl2N2O/c16-13-2-1-3-14(17)15(13)20-11-10-18-6-8-19(9-7-18)12-4-5-12/h1-3,12H,4-11H2. The van der Waals surface area contributed by atoms with Crippen molar-refractivity contribution in [2.75, 3.05) is 39.3 Å². The Labute approximate surface area is 130 Å².